The molecule has 0 radical (unpaired) electrons. The highest BCUT2D eigenvalue weighted by Crippen LogP contribution is 2.25. The van der Waals surface area contributed by atoms with Crippen molar-refractivity contribution in [2.45, 2.75) is 26.3 Å². The number of amides is 2. The molecule has 1 aromatic rings. The molecule has 7 heteroatoms. The van der Waals surface area contributed by atoms with E-state index in [0.717, 1.165) is 6.42 Å². The average Bonchev–Trinajstić information content (AvgIpc) is 2.57. The van der Waals surface area contributed by atoms with Crippen LogP contribution in [-0.2, 0) is 9.53 Å². The summed E-state index contributed by atoms with van der Waals surface area (Å²) in [6, 6.07) is 3.78. The molecule has 1 unspecified atom stereocenters. The van der Waals surface area contributed by atoms with Crippen LogP contribution in [0.3, 0.4) is 0 Å². The summed E-state index contributed by atoms with van der Waals surface area (Å²) >= 11 is 0. The van der Waals surface area contributed by atoms with Gasteiger partial charge < -0.3 is 24.8 Å². The molecule has 0 heterocycles. The van der Waals surface area contributed by atoms with E-state index in [-0.39, 0.29) is 5.92 Å². The van der Waals surface area contributed by atoms with Gasteiger partial charge >= 0.3 is 12.0 Å². The first-order chi connectivity index (χ1) is 10.9. The van der Waals surface area contributed by atoms with Crippen LogP contribution in [0.15, 0.2) is 18.2 Å². The van der Waals surface area contributed by atoms with Gasteiger partial charge in [-0.1, -0.05) is 20.3 Å². The van der Waals surface area contributed by atoms with Gasteiger partial charge in [0, 0.05) is 23.9 Å². The predicted molar refractivity (Wildman–Crippen MR) is 87.0 cm³/mol. The molecule has 0 spiro atoms. The van der Waals surface area contributed by atoms with Gasteiger partial charge in [0.15, 0.2) is 0 Å². The van der Waals surface area contributed by atoms with Gasteiger partial charge in [0.25, 0.3) is 0 Å². The Kier molecular flexibility index (Phi) is 7.18. The summed E-state index contributed by atoms with van der Waals surface area (Å²) in [6.45, 7) is 3.81. The van der Waals surface area contributed by atoms with Crippen LogP contribution in [0.4, 0.5) is 10.5 Å². The van der Waals surface area contributed by atoms with Gasteiger partial charge in [-0.05, 0) is 5.92 Å². The third-order valence-electron chi connectivity index (χ3n) is 3.56. The van der Waals surface area contributed by atoms with E-state index in [4.69, 9.17) is 14.2 Å². The van der Waals surface area contributed by atoms with Crippen LogP contribution < -0.4 is 20.1 Å². The number of anilines is 1. The van der Waals surface area contributed by atoms with Gasteiger partial charge in [-0.3, -0.25) is 0 Å². The largest absolute Gasteiger partial charge is 0.497 e. The van der Waals surface area contributed by atoms with Gasteiger partial charge in [-0.15, -0.1) is 0 Å². The SMILES string of the molecule is CCC(C)[C@@H](NC(=O)Nc1cc(OC)cc(OC)c1)C(=O)OC. The first-order valence-electron chi connectivity index (χ1n) is 7.33. The molecule has 0 aliphatic heterocycles. The van der Waals surface area contributed by atoms with Gasteiger partial charge in [0.1, 0.15) is 17.5 Å². The number of carbonyl (C=O) groups excluding carboxylic acids is 2. The minimum Gasteiger partial charge on any atom is -0.497 e. The quantitative estimate of drug-likeness (QED) is 0.752. The van der Waals surface area contributed by atoms with Crippen molar-refractivity contribution >= 4 is 17.7 Å². The Hall–Kier alpha value is -2.44. The summed E-state index contributed by atoms with van der Waals surface area (Å²) in [5.41, 5.74) is 0.492. The summed E-state index contributed by atoms with van der Waals surface area (Å²) < 4.78 is 15.0. The molecule has 0 fully saturated rings. The molecule has 0 bridgehead atoms. The lowest BCUT2D eigenvalue weighted by Gasteiger charge is -2.22. The van der Waals surface area contributed by atoms with Gasteiger partial charge in [0.2, 0.25) is 0 Å². The Morgan fingerprint density at radius 3 is 2.09 bits per heavy atom. The molecule has 0 aliphatic carbocycles. The maximum absolute atomic E-state index is 12.2. The molecule has 1 aromatic carbocycles. The van der Waals surface area contributed by atoms with Gasteiger partial charge in [0.05, 0.1) is 21.3 Å². The molecular weight excluding hydrogens is 300 g/mol. The van der Waals surface area contributed by atoms with E-state index in [1.807, 2.05) is 13.8 Å². The first kappa shape index (κ1) is 18.6. The summed E-state index contributed by atoms with van der Waals surface area (Å²) in [6.07, 6.45) is 0.729. The molecular formula is C16H24N2O5. The second kappa shape index (κ2) is 8.87. The molecule has 2 amide bonds. The maximum atomic E-state index is 12.2. The second-order valence-electron chi connectivity index (χ2n) is 5.09. The fourth-order valence-electron chi connectivity index (χ4n) is 1.98. The van der Waals surface area contributed by atoms with Gasteiger partial charge in [-0.25, -0.2) is 9.59 Å². The molecule has 0 saturated heterocycles. The van der Waals surface area contributed by atoms with Crippen molar-refractivity contribution in [3.05, 3.63) is 18.2 Å². The number of nitrogens with one attached hydrogen (secondary N) is 2. The standard InChI is InChI=1S/C16H24N2O5/c1-6-10(2)14(15(19)23-5)18-16(20)17-11-7-12(21-3)9-13(8-11)22-4/h7-10,14H,6H2,1-5H3,(H2,17,18,20)/t10?,14-/m1/s1. The zero-order valence-electron chi connectivity index (χ0n) is 14.1. The summed E-state index contributed by atoms with van der Waals surface area (Å²) in [5.74, 6) is 0.572. The van der Waals surface area contributed by atoms with E-state index in [2.05, 4.69) is 10.6 Å². The Labute approximate surface area is 136 Å². The number of hydrogen-bond donors (Lipinski definition) is 2. The third kappa shape index (κ3) is 5.36. The fraction of sp³-hybridized carbons (Fsp3) is 0.500. The van der Waals surface area contributed by atoms with Crippen LogP contribution >= 0.6 is 0 Å². The minimum absolute atomic E-state index is 0.0481. The Morgan fingerprint density at radius 2 is 1.65 bits per heavy atom. The van der Waals surface area contributed by atoms with Crippen molar-refractivity contribution in [3.8, 4) is 11.5 Å². The lowest BCUT2D eigenvalue weighted by atomic mass is 9.99. The number of ether oxygens (including phenoxy) is 3. The monoisotopic (exact) mass is 324 g/mol. The number of rotatable bonds is 7. The number of carbonyl (C=O) groups is 2. The van der Waals surface area contributed by atoms with Crippen LogP contribution in [0.2, 0.25) is 0 Å². The van der Waals surface area contributed by atoms with Gasteiger partial charge in [-0.2, -0.15) is 0 Å². The van der Waals surface area contributed by atoms with Crippen molar-refractivity contribution in [1.82, 2.24) is 5.32 Å². The van der Waals surface area contributed by atoms with Crippen molar-refractivity contribution < 1.29 is 23.8 Å². The maximum Gasteiger partial charge on any atom is 0.328 e. The predicted octanol–water partition coefficient (Wildman–Crippen LogP) is 2.41. The van der Waals surface area contributed by atoms with Crippen LogP contribution in [0, 0.1) is 5.92 Å². The van der Waals surface area contributed by atoms with E-state index in [1.165, 1.54) is 21.3 Å². The molecule has 2 atom stereocenters. The smallest absolute Gasteiger partial charge is 0.328 e. The molecule has 7 nitrogen and oxygen atoms in total. The van der Waals surface area contributed by atoms with Crippen LogP contribution in [-0.4, -0.2) is 39.4 Å². The minimum atomic E-state index is -0.711. The second-order valence-corrected chi connectivity index (χ2v) is 5.09. The van der Waals surface area contributed by atoms with Crippen LogP contribution in [0.25, 0.3) is 0 Å². The van der Waals surface area contributed by atoms with Crippen molar-refractivity contribution in [1.29, 1.82) is 0 Å². The normalized spacial score (nSPS) is 12.7. The highest BCUT2D eigenvalue weighted by molar-refractivity contribution is 5.93. The Morgan fingerprint density at radius 1 is 1.09 bits per heavy atom. The van der Waals surface area contributed by atoms with E-state index in [9.17, 15) is 9.59 Å². The lowest BCUT2D eigenvalue weighted by molar-refractivity contribution is -0.144. The Balaban J connectivity index is 2.83. The topological polar surface area (TPSA) is 85.9 Å². The van der Waals surface area contributed by atoms with Crippen molar-refractivity contribution in [3.63, 3.8) is 0 Å². The molecule has 128 valence electrons. The summed E-state index contributed by atoms with van der Waals surface area (Å²) in [5, 5.41) is 5.30. The molecule has 0 aromatic heterocycles. The highest BCUT2D eigenvalue weighted by atomic mass is 16.5. The van der Waals surface area contributed by atoms with Crippen LogP contribution in [0.5, 0.6) is 11.5 Å². The van der Waals surface area contributed by atoms with E-state index in [0.29, 0.717) is 17.2 Å². The Bertz CT molecular complexity index is 525. The molecule has 23 heavy (non-hydrogen) atoms. The molecule has 2 N–H and O–H groups in total. The third-order valence-corrected chi connectivity index (χ3v) is 3.56. The fourth-order valence-corrected chi connectivity index (χ4v) is 1.98. The zero-order chi connectivity index (χ0) is 17.4. The number of urea groups is 1. The molecule has 0 aliphatic rings. The number of methoxy groups -OCH3 is 3. The number of benzene rings is 1. The summed E-state index contributed by atoms with van der Waals surface area (Å²) in [4.78, 5) is 23.9. The van der Waals surface area contributed by atoms with Crippen molar-refractivity contribution in [2.75, 3.05) is 26.6 Å². The lowest BCUT2D eigenvalue weighted by Crippen LogP contribution is -2.47. The summed E-state index contributed by atoms with van der Waals surface area (Å²) in [7, 11) is 4.34. The molecule has 1 rings (SSSR count). The van der Waals surface area contributed by atoms with E-state index >= 15 is 0 Å². The van der Waals surface area contributed by atoms with E-state index < -0.39 is 18.0 Å². The first-order valence-corrected chi connectivity index (χ1v) is 7.33. The highest BCUT2D eigenvalue weighted by Gasteiger charge is 2.26. The number of esters is 1. The average molecular weight is 324 g/mol. The van der Waals surface area contributed by atoms with Crippen molar-refractivity contribution in [2.24, 2.45) is 5.92 Å². The number of hydrogen-bond acceptors (Lipinski definition) is 5. The van der Waals surface area contributed by atoms with Crippen LogP contribution in [0.1, 0.15) is 20.3 Å². The molecule has 0 saturated carbocycles. The zero-order valence-corrected chi connectivity index (χ0v) is 14.1. The van der Waals surface area contributed by atoms with E-state index in [1.54, 1.807) is 18.2 Å².